The van der Waals surface area contributed by atoms with E-state index in [0.717, 1.165) is 56.2 Å². The van der Waals surface area contributed by atoms with Gasteiger partial charge >= 0.3 is 0 Å². The van der Waals surface area contributed by atoms with Gasteiger partial charge in [0.15, 0.2) is 0 Å². The summed E-state index contributed by atoms with van der Waals surface area (Å²) in [6.07, 6.45) is 3.45. The predicted octanol–water partition coefficient (Wildman–Crippen LogP) is 0.572. The van der Waals surface area contributed by atoms with Gasteiger partial charge in [0.1, 0.15) is 0 Å². The van der Waals surface area contributed by atoms with Crippen LogP contribution in [0.25, 0.3) is 0 Å². The van der Waals surface area contributed by atoms with Crippen LogP contribution in [0.15, 0.2) is 17.1 Å². The summed E-state index contributed by atoms with van der Waals surface area (Å²) < 4.78 is 1.33. The van der Waals surface area contributed by atoms with Crippen molar-refractivity contribution in [3.63, 3.8) is 0 Å². The second-order valence-corrected chi connectivity index (χ2v) is 7.10. The third-order valence-electron chi connectivity index (χ3n) is 4.49. The van der Waals surface area contributed by atoms with Crippen LogP contribution in [0.1, 0.15) is 12.8 Å². The third-order valence-corrected chi connectivity index (χ3v) is 5.43. The van der Waals surface area contributed by atoms with Gasteiger partial charge in [-0.1, -0.05) is 0 Å². The Morgan fingerprint density at radius 3 is 2.55 bits per heavy atom. The maximum Gasteiger partial charge on any atom is 0.268 e. The first kappa shape index (κ1) is 15.4. The second-order valence-electron chi connectivity index (χ2n) is 5.87. The Kier molecular flexibility index (Phi) is 4.71. The molecule has 6 nitrogen and oxygen atoms in total. The molecule has 0 spiro atoms. The summed E-state index contributed by atoms with van der Waals surface area (Å²) >= 11 is 1.92. The molecule has 2 aliphatic heterocycles. The highest BCUT2D eigenvalue weighted by molar-refractivity contribution is 7.99. The Hall–Kier alpha value is -1.50. The lowest BCUT2D eigenvalue weighted by Gasteiger charge is -2.36. The minimum Gasteiger partial charge on any atom is -0.370 e. The minimum absolute atomic E-state index is 0.0958. The van der Waals surface area contributed by atoms with Gasteiger partial charge in [-0.2, -0.15) is 16.9 Å². The molecule has 2 saturated heterocycles. The number of carbonyl (C=O) groups is 1. The van der Waals surface area contributed by atoms with Crippen molar-refractivity contribution < 1.29 is 4.79 Å². The molecular formula is C15H22N4O2S. The van der Waals surface area contributed by atoms with Crippen molar-refractivity contribution in [3.05, 3.63) is 22.6 Å². The van der Waals surface area contributed by atoms with Crippen molar-refractivity contribution in [2.75, 3.05) is 42.6 Å². The van der Waals surface area contributed by atoms with Crippen LogP contribution in [0.2, 0.25) is 0 Å². The summed E-state index contributed by atoms with van der Waals surface area (Å²) in [7, 11) is 1.65. The van der Waals surface area contributed by atoms with Crippen LogP contribution in [-0.4, -0.2) is 58.3 Å². The van der Waals surface area contributed by atoms with Gasteiger partial charge in [-0.15, -0.1) is 0 Å². The van der Waals surface area contributed by atoms with Gasteiger partial charge < -0.3 is 9.80 Å². The van der Waals surface area contributed by atoms with E-state index in [1.165, 1.54) is 4.68 Å². The Balaban J connectivity index is 1.58. The molecule has 0 aliphatic carbocycles. The zero-order valence-electron chi connectivity index (χ0n) is 12.9. The molecule has 3 heterocycles. The molecule has 7 heteroatoms. The standard InChI is InChI=1S/C15H22N4O2S/c1-17-14(20)10-13(11-16-17)18-4-2-12(3-5-18)15(21)19-6-8-22-9-7-19/h10-12H,2-9H2,1H3. The molecule has 0 atom stereocenters. The minimum atomic E-state index is -0.0958. The molecule has 3 rings (SSSR count). The zero-order valence-corrected chi connectivity index (χ0v) is 13.7. The molecule has 0 unspecified atom stereocenters. The van der Waals surface area contributed by atoms with Crippen LogP contribution in [0, 0.1) is 5.92 Å². The molecular weight excluding hydrogens is 300 g/mol. The number of piperidine rings is 1. The van der Waals surface area contributed by atoms with Crippen LogP contribution in [-0.2, 0) is 11.8 Å². The number of hydrogen-bond acceptors (Lipinski definition) is 5. The molecule has 0 saturated carbocycles. The van der Waals surface area contributed by atoms with Gasteiger partial charge in [0, 0.05) is 56.7 Å². The Morgan fingerprint density at radius 2 is 1.91 bits per heavy atom. The SMILES string of the molecule is Cn1ncc(N2CCC(C(=O)N3CCSCC3)CC2)cc1=O. The monoisotopic (exact) mass is 322 g/mol. The van der Waals surface area contributed by atoms with Gasteiger partial charge in [-0.05, 0) is 12.8 Å². The Bertz CT molecular complexity index is 589. The van der Waals surface area contributed by atoms with E-state index < -0.39 is 0 Å². The van der Waals surface area contributed by atoms with Crippen molar-refractivity contribution in [2.45, 2.75) is 12.8 Å². The summed E-state index contributed by atoms with van der Waals surface area (Å²) in [5.41, 5.74) is 0.768. The van der Waals surface area contributed by atoms with Crippen LogP contribution in [0.4, 0.5) is 5.69 Å². The van der Waals surface area contributed by atoms with E-state index in [1.807, 2.05) is 16.7 Å². The van der Waals surface area contributed by atoms with Crippen molar-refractivity contribution in [2.24, 2.45) is 13.0 Å². The lowest BCUT2D eigenvalue weighted by Crippen LogP contribution is -2.45. The normalized spacial score (nSPS) is 20.2. The average Bonchev–Trinajstić information content (AvgIpc) is 2.58. The molecule has 0 bridgehead atoms. The zero-order chi connectivity index (χ0) is 15.5. The molecule has 22 heavy (non-hydrogen) atoms. The smallest absolute Gasteiger partial charge is 0.268 e. The number of rotatable bonds is 2. The van der Waals surface area contributed by atoms with Crippen LogP contribution < -0.4 is 10.5 Å². The van der Waals surface area contributed by atoms with E-state index >= 15 is 0 Å². The van der Waals surface area contributed by atoms with Gasteiger partial charge in [0.05, 0.1) is 11.9 Å². The van der Waals surface area contributed by atoms with Gasteiger partial charge in [0.25, 0.3) is 5.56 Å². The summed E-state index contributed by atoms with van der Waals surface area (Å²) in [5, 5.41) is 4.07. The fourth-order valence-corrected chi connectivity index (χ4v) is 3.96. The van der Waals surface area contributed by atoms with Gasteiger partial charge in [-0.3, -0.25) is 9.59 Å². The van der Waals surface area contributed by atoms with Crippen molar-refractivity contribution in [3.8, 4) is 0 Å². The number of anilines is 1. The average molecular weight is 322 g/mol. The van der Waals surface area contributed by atoms with E-state index in [4.69, 9.17) is 0 Å². The Morgan fingerprint density at radius 1 is 1.23 bits per heavy atom. The first-order valence-corrected chi connectivity index (χ1v) is 8.95. The highest BCUT2D eigenvalue weighted by Crippen LogP contribution is 2.24. The number of aromatic nitrogens is 2. The molecule has 0 aromatic carbocycles. The largest absolute Gasteiger partial charge is 0.370 e. The number of carbonyl (C=O) groups excluding carboxylic acids is 1. The topological polar surface area (TPSA) is 58.4 Å². The number of amides is 1. The summed E-state index contributed by atoms with van der Waals surface area (Å²) in [4.78, 5) is 28.4. The first-order chi connectivity index (χ1) is 10.6. The maximum atomic E-state index is 12.5. The fraction of sp³-hybridized carbons (Fsp3) is 0.667. The lowest BCUT2D eigenvalue weighted by atomic mass is 9.95. The van der Waals surface area contributed by atoms with Crippen LogP contribution >= 0.6 is 11.8 Å². The van der Waals surface area contributed by atoms with Gasteiger partial charge in [0.2, 0.25) is 5.91 Å². The second kappa shape index (κ2) is 6.73. The number of aryl methyl sites for hydroxylation is 1. The van der Waals surface area contributed by atoms with Crippen LogP contribution in [0.5, 0.6) is 0 Å². The highest BCUT2D eigenvalue weighted by atomic mass is 32.2. The number of thioether (sulfide) groups is 1. The predicted molar refractivity (Wildman–Crippen MR) is 88.3 cm³/mol. The van der Waals surface area contributed by atoms with E-state index in [1.54, 1.807) is 19.3 Å². The van der Waals surface area contributed by atoms with E-state index in [-0.39, 0.29) is 11.5 Å². The van der Waals surface area contributed by atoms with E-state index in [0.29, 0.717) is 5.91 Å². The van der Waals surface area contributed by atoms with Gasteiger partial charge in [-0.25, -0.2) is 4.68 Å². The van der Waals surface area contributed by atoms with Crippen molar-refractivity contribution in [1.82, 2.24) is 14.7 Å². The number of hydrogen-bond donors (Lipinski definition) is 0. The Labute approximate surface area is 134 Å². The molecule has 1 aromatic rings. The van der Waals surface area contributed by atoms with E-state index in [9.17, 15) is 9.59 Å². The summed E-state index contributed by atoms with van der Waals surface area (Å²) in [6.45, 7) is 3.41. The lowest BCUT2D eigenvalue weighted by molar-refractivity contribution is -0.135. The van der Waals surface area contributed by atoms with Crippen LogP contribution in [0.3, 0.4) is 0 Å². The third kappa shape index (κ3) is 3.29. The summed E-state index contributed by atoms with van der Waals surface area (Å²) in [6, 6.07) is 1.62. The molecule has 0 radical (unpaired) electrons. The molecule has 0 N–H and O–H groups in total. The van der Waals surface area contributed by atoms with Crippen molar-refractivity contribution >= 4 is 23.4 Å². The molecule has 120 valence electrons. The van der Waals surface area contributed by atoms with Crippen molar-refractivity contribution in [1.29, 1.82) is 0 Å². The summed E-state index contributed by atoms with van der Waals surface area (Å²) in [5.74, 6) is 2.58. The highest BCUT2D eigenvalue weighted by Gasteiger charge is 2.29. The number of nitrogens with zero attached hydrogens (tertiary/aromatic N) is 4. The first-order valence-electron chi connectivity index (χ1n) is 7.80. The molecule has 2 fully saturated rings. The molecule has 1 amide bonds. The molecule has 2 aliphatic rings. The quantitative estimate of drug-likeness (QED) is 0.797. The van der Waals surface area contributed by atoms with E-state index in [2.05, 4.69) is 10.00 Å². The maximum absolute atomic E-state index is 12.5. The fourth-order valence-electron chi connectivity index (χ4n) is 3.06. The molecule has 1 aromatic heterocycles.